The van der Waals surface area contributed by atoms with Gasteiger partial charge in [-0.05, 0) is 20.8 Å². The number of hydrogen-bond acceptors (Lipinski definition) is 3. The van der Waals surface area contributed by atoms with Crippen LogP contribution in [0.5, 0.6) is 0 Å². The molecule has 0 radical (unpaired) electrons. The molecule has 0 fully saturated rings. The molecule has 0 amide bonds. The van der Waals surface area contributed by atoms with Gasteiger partial charge in [0.15, 0.2) is 0 Å². The van der Waals surface area contributed by atoms with Gasteiger partial charge < -0.3 is 4.74 Å². The van der Waals surface area contributed by atoms with Gasteiger partial charge in [-0.15, -0.1) is 0 Å². The highest BCUT2D eigenvalue weighted by Gasteiger charge is 2.35. The number of esters is 1. The monoisotopic (exact) mass is 212 g/mol. The number of hydrogen-bond donors (Lipinski definition) is 0. The van der Waals surface area contributed by atoms with Gasteiger partial charge in [-0.2, -0.15) is 0 Å². The fourth-order valence-corrected chi connectivity index (χ4v) is 0.580. The Hall–Kier alpha value is -1.07. The molecule has 1 atom stereocenters. The number of rotatable bonds is 3. The van der Waals surface area contributed by atoms with Crippen molar-refractivity contribution < 1.29 is 27.5 Å². The first kappa shape index (κ1) is 12.9. The van der Waals surface area contributed by atoms with Gasteiger partial charge in [-0.3, -0.25) is 4.79 Å². The number of halogens is 3. The Balaban J connectivity index is 4.34. The van der Waals surface area contributed by atoms with E-state index < -0.39 is 30.0 Å². The van der Waals surface area contributed by atoms with Gasteiger partial charge in [0.1, 0.15) is 5.60 Å². The molecule has 0 aromatic heterocycles. The Morgan fingerprint density at radius 1 is 1.14 bits per heavy atom. The molecule has 0 saturated carbocycles. The summed E-state index contributed by atoms with van der Waals surface area (Å²) in [6.07, 6.45) is -6.41. The van der Waals surface area contributed by atoms with E-state index in [0.29, 0.717) is 0 Å². The number of Topliss-reactive ketones (excluding diaryl/α,β-unsaturated/α-hetero) is 1. The zero-order valence-electron chi connectivity index (χ0n) is 8.01. The smallest absolute Gasteiger partial charge is 0.349 e. The van der Waals surface area contributed by atoms with Crippen LogP contribution in [0, 0.1) is 0 Å². The normalized spacial score (nSPS) is 13.9. The predicted molar refractivity (Wildman–Crippen MR) is 41.8 cm³/mol. The Kier molecular flexibility index (Phi) is 4.09. The van der Waals surface area contributed by atoms with Gasteiger partial charge in [0.05, 0.1) is 0 Å². The second-order valence-electron chi connectivity index (χ2n) is 3.60. The lowest BCUT2D eigenvalue weighted by atomic mass is 10.2. The molecule has 0 aromatic rings. The van der Waals surface area contributed by atoms with Crippen LogP contribution in [0.4, 0.5) is 13.2 Å². The van der Waals surface area contributed by atoms with E-state index in [1.165, 1.54) is 20.8 Å². The fourth-order valence-electron chi connectivity index (χ4n) is 0.580. The van der Waals surface area contributed by atoms with Crippen molar-refractivity contribution in [3.05, 3.63) is 0 Å². The van der Waals surface area contributed by atoms with Crippen LogP contribution in [-0.4, -0.2) is 30.0 Å². The van der Waals surface area contributed by atoms with E-state index >= 15 is 0 Å². The summed E-state index contributed by atoms with van der Waals surface area (Å²) in [5.41, 5.74) is -1.01. The lowest BCUT2D eigenvalue weighted by molar-refractivity contribution is -0.165. The summed E-state index contributed by atoms with van der Waals surface area (Å²) in [4.78, 5) is 21.1. The molecular formula is C8H11F3O3. The van der Waals surface area contributed by atoms with Gasteiger partial charge >= 0.3 is 5.97 Å². The fraction of sp³-hybridized carbons (Fsp3) is 0.750. The second-order valence-corrected chi connectivity index (χ2v) is 3.60. The molecule has 0 heterocycles. The van der Waals surface area contributed by atoms with Crippen molar-refractivity contribution in [2.45, 2.75) is 39.0 Å². The Bertz CT molecular complexity index is 232. The molecule has 1 unspecified atom stereocenters. The first-order valence-corrected chi connectivity index (χ1v) is 3.84. The van der Waals surface area contributed by atoms with Crippen molar-refractivity contribution in [2.75, 3.05) is 0 Å². The lowest BCUT2D eigenvalue weighted by Crippen LogP contribution is -2.36. The summed E-state index contributed by atoms with van der Waals surface area (Å²) in [7, 11) is 0. The molecule has 14 heavy (non-hydrogen) atoms. The largest absolute Gasteiger partial charge is 0.457 e. The Morgan fingerprint density at radius 3 is 1.86 bits per heavy atom. The van der Waals surface area contributed by atoms with Crippen LogP contribution in [0.2, 0.25) is 0 Å². The van der Waals surface area contributed by atoms with Crippen LogP contribution in [0.1, 0.15) is 20.8 Å². The van der Waals surface area contributed by atoms with Crippen molar-refractivity contribution in [1.82, 2.24) is 0 Å². The molecule has 3 nitrogen and oxygen atoms in total. The number of ketones is 1. The standard InChI is InChI=1S/C8H11F3O3/c1-8(2,3)14-7(13)4(9)5(12)6(10)11/h4,6H,1-3H3. The zero-order valence-corrected chi connectivity index (χ0v) is 8.01. The Morgan fingerprint density at radius 2 is 1.57 bits per heavy atom. The second kappa shape index (κ2) is 4.43. The van der Waals surface area contributed by atoms with E-state index in [1.54, 1.807) is 0 Å². The van der Waals surface area contributed by atoms with Crippen LogP contribution in [0.25, 0.3) is 0 Å². The maximum atomic E-state index is 12.7. The van der Waals surface area contributed by atoms with Gasteiger partial charge in [-0.1, -0.05) is 0 Å². The van der Waals surface area contributed by atoms with Gasteiger partial charge in [0.25, 0.3) is 12.6 Å². The van der Waals surface area contributed by atoms with Crippen LogP contribution in [0.3, 0.4) is 0 Å². The molecule has 0 aliphatic carbocycles. The van der Waals surface area contributed by atoms with Gasteiger partial charge in [0.2, 0.25) is 5.78 Å². The van der Waals surface area contributed by atoms with Crippen molar-refractivity contribution >= 4 is 11.8 Å². The van der Waals surface area contributed by atoms with E-state index in [9.17, 15) is 22.8 Å². The van der Waals surface area contributed by atoms with Crippen molar-refractivity contribution in [3.8, 4) is 0 Å². The minimum absolute atomic E-state index is 1.01. The minimum Gasteiger partial charge on any atom is -0.457 e. The van der Waals surface area contributed by atoms with Crippen LogP contribution >= 0.6 is 0 Å². The lowest BCUT2D eigenvalue weighted by Gasteiger charge is -2.20. The Labute approximate surface area is 79.2 Å². The third-order valence-corrected chi connectivity index (χ3v) is 1.08. The van der Waals surface area contributed by atoms with Crippen LogP contribution in [-0.2, 0) is 14.3 Å². The summed E-state index contributed by atoms with van der Waals surface area (Å²) < 4.78 is 40.4. The molecule has 0 aromatic carbocycles. The number of carbonyl (C=O) groups excluding carboxylic acids is 2. The minimum atomic E-state index is -3.50. The molecule has 0 bridgehead atoms. The molecule has 0 aliphatic rings. The summed E-state index contributed by atoms with van der Waals surface area (Å²) in [6.45, 7) is 4.30. The maximum Gasteiger partial charge on any atom is 0.349 e. The first-order chi connectivity index (χ1) is 6.15. The van der Waals surface area contributed by atoms with E-state index in [-0.39, 0.29) is 0 Å². The number of carbonyl (C=O) groups is 2. The average molecular weight is 212 g/mol. The highest BCUT2D eigenvalue weighted by Crippen LogP contribution is 2.12. The molecule has 0 N–H and O–H groups in total. The topological polar surface area (TPSA) is 43.4 Å². The third-order valence-electron chi connectivity index (χ3n) is 1.08. The first-order valence-electron chi connectivity index (χ1n) is 3.84. The molecule has 0 rings (SSSR count). The van der Waals surface area contributed by atoms with Crippen molar-refractivity contribution in [2.24, 2.45) is 0 Å². The molecule has 6 heteroatoms. The van der Waals surface area contributed by atoms with Gasteiger partial charge in [0, 0.05) is 0 Å². The highest BCUT2D eigenvalue weighted by atomic mass is 19.3. The summed E-state index contributed by atoms with van der Waals surface area (Å²) in [5, 5.41) is 0. The van der Waals surface area contributed by atoms with E-state index in [4.69, 9.17) is 0 Å². The summed E-state index contributed by atoms with van der Waals surface area (Å²) in [5.74, 6) is -3.65. The predicted octanol–water partition coefficient (Wildman–Crippen LogP) is 1.50. The number of ether oxygens (including phenoxy) is 1. The van der Waals surface area contributed by atoms with E-state index in [2.05, 4.69) is 4.74 Å². The molecule has 0 aliphatic heterocycles. The molecule has 0 saturated heterocycles. The van der Waals surface area contributed by atoms with E-state index in [1.807, 2.05) is 0 Å². The van der Waals surface area contributed by atoms with Crippen molar-refractivity contribution in [3.63, 3.8) is 0 Å². The highest BCUT2D eigenvalue weighted by molar-refractivity contribution is 6.03. The quantitative estimate of drug-likeness (QED) is 0.526. The van der Waals surface area contributed by atoms with E-state index in [0.717, 1.165) is 0 Å². The third kappa shape index (κ3) is 4.25. The SMILES string of the molecule is CC(C)(C)OC(=O)C(F)C(=O)C(F)F. The van der Waals surface area contributed by atoms with Crippen LogP contribution in [0.15, 0.2) is 0 Å². The number of alkyl halides is 3. The maximum absolute atomic E-state index is 12.7. The summed E-state index contributed by atoms with van der Waals surface area (Å²) in [6, 6.07) is 0. The average Bonchev–Trinajstić information content (AvgIpc) is 1.98. The summed E-state index contributed by atoms with van der Waals surface area (Å²) >= 11 is 0. The van der Waals surface area contributed by atoms with Crippen molar-refractivity contribution in [1.29, 1.82) is 0 Å². The molecule has 0 spiro atoms. The van der Waals surface area contributed by atoms with Crippen LogP contribution < -0.4 is 0 Å². The molecule has 82 valence electrons. The van der Waals surface area contributed by atoms with Gasteiger partial charge in [-0.25, -0.2) is 18.0 Å². The zero-order chi connectivity index (χ0) is 11.5. The molecular weight excluding hydrogens is 201 g/mol.